The van der Waals surface area contributed by atoms with E-state index in [4.69, 9.17) is 28.3 Å². The largest absolute Gasteiger partial charge is 0.481 e. The van der Waals surface area contributed by atoms with Gasteiger partial charge in [0.05, 0.1) is 22.2 Å². The summed E-state index contributed by atoms with van der Waals surface area (Å²) in [5.74, 6) is -0.859. The Kier molecular flexibility index (Phi) is 5.32. The first-order valence-electron chi connectivity index (χ1n) is 5.08. The maximum Gasteiger partial charge on any atom is 0.305 e. The van der Waals surface area contributed by atoms with Gasteiger partial charge in [0.25, 0.3) is 0 Å². The van der Waals surface area contributed by atoms with E-state index in [1.807, 2.05) is 0 Å². The Balaban J connectivity index is 2.96. The number of carbonyl (C=O) groups is 1. The van der Waals surface area contributed by atoms with Crippen molar-refractivity contribution in [1.82, 2.24) is 0 Å². The molecule has 0 saturated heterocycles. The number of benzene rings is 1. The molecule has 0 spiro atoms. The molecule has 92 valence electrons. The predicted molar refractivity (Wildman–Crippen MR) is 71.1 cm³/mol. The van der Waals surface area contributed by atoms with Gasteiger partial charge in [0.1, 0.15) is 0 Å². The lowest BCUT2D eigenvalue weighted by Gasteiger charge is -2.24. The van der Waals surface area contributed by atoms with Crippen molar-refractivity contribution in [3.05, 3.63) is 40.9 Å². The second-order valence-electron chi connectivity index (χ2n) is 3.45. The number of rotatable bonds is 6. The van der Waals surface area contributed by atoms with Gasteiger partial charge in [-0.15, -0.1) is 6.58 Å². The average Bonchev–Trinajstić information content (AvgIpc) is 2.25. The molecule has 0 saturated carbocycles. The van der Waals surface area contributed by atoms with Gasteiger partial charge in [-0.1, -0.05) is 35.3 Å². The molecule has 17 heavy (non-hydrogen) atoms. The van der Waals surface area contributed by atoms with Gasteiger partial charge >= 0.3 is 5.97 Å². The maximum absolute atomic E-state index is 10.6. The number of hydrogen-bond donors (Lipinski definition) is 1. The Bertz CT molecular complexity index is 401. The molecule has 0 unspecified atom stereocenters. The third-order valence-corrected chi connectivity index (χ3v) is 2.81. The summed E-state index contributed by atoms with van der Waals surface area (Å²) < 4.78 is 0. The van der Waals surface area contributed by atoms with Crippen LogP contribution in [0.2, 0.25) is 10.0 Å². The van der Waals surface area contributed by atoms with E-state index in [2.05, 4.69) is 6.58 Å². The zero-order valence-corrected chi connectivity index (χ0v) is 10.7. The highest BCUT2D eigenvalue weighted by molar-refractivity contribution is 6.39. The Hall–Kier alpha value is -1.19. The van der Waals surface area contributed by atoms with Gasteiger partial charge in [0, 0.05) is 13.1 Å². The number of carboxylic acid groups (broad SMARTS) is 1. The molecule has 0 fully saturated rings. The molecule has 0 aromatic heterocycles. The Morgan fingerprint density at radius 2 is 2.00 bits per heavy atom. The summed E-state index contributed by atoms with van der Waals surface area (Å²) in [7, 11) is 0. The third kappa shape index (κ3) is 3.95. The van der Waals surface area contributed by atoms with Gasteiger partial charge in [-0.3, -0.25) is 4.79 Å². The van der Waals surface area contributed by atoms with E-state index < -0.39 is 5.97 Å². The van der Waals surface area contributed by atoms with Crippen molar-refractivity contribution in [1.29, 1.82) is 0 Å². The first-order chi connectivity index (χ1) is 8.06. The van der Waals surface area contributed by atoms with Crippen LogP contribution < -0.4 is 4.90 Å². The van der Waals surface area contributed by atoms with Crippen molar-refractivity contribution in [2.24, 2.45) is 0 Å². The van der Waals surface area contributed by atoms with Crippen LogP contribution in [0.4, 0.5) is 5.69 Å². The molecule has 1 aromatic carbocycles. The van der Waals surface area contributed by atoms with E-state index in [9.17, 15) is 4.79 Å². The van der Waals surface area contributed by atoms with Crippen molar-refractivity contribution in [3.8, 4) is 0 Å². The summed E-state index contributed by atoms with van der Waals surface area (Å²) in [5, 5.41) is 9.71. The smallest absolute Gasteiger partial charge is 0.305 e. The second-order valence-corrected chi connectivity index (χ2v) is 4.26. The van der Waals surface area contributed by atoms with Crippen LogP contribution in [0.5, 0.6) is 0 Å². The van der Waals surface area contributed by atoms with Crippen LogP contribution in [0.1, 0.15) is 6.42 Å². The van der Waals surface area contributed by atoms with Crippen LogP contribution >= 0.6 is 23.2 Å². The van der Waals surface area contributed by atoms with Crippen LogP contribution in [0.3, 0.4) is 0 Å². The van der Waals surface area contributed by atoms with Crippen LogP contribution in [0.25, 0.3) is 0 Å². The second kappa shape index (κ2) is 6.52. The molecule has 0 amide bonds. The first kappa shape index (κ1) is 13.9. The van der Waals surface area contributed by atoms with E-state index in [0.29, 0.717) is 28.8 Å². The molecule has 1 aromatic rings. The average molecular weight is 274 g/mol. The summed E-state index contributed by atoms with van der Waals surface area (Å²) in [5.41, 5.74) is 0.650. The number of anilines is 1. The zero-order valence-electron chi connectivity index (χ0n) is 9.20. The van der Waals surface area contributed by atoms with Gasteiger partial charge in [-0.2, -0.15) is 0 Å². The van der Waals surface area contributed by atoms with Crippen LogP contribution in [-0.2, 0) is 4.79 Å². The molecule has 3 nitrogen and oxygen atoms in total. The fourth-order valence-corrected chi connectivity index (χ4v) is 2.11. The highest BCUT2D eigenvalue weighted by Crippen LogP contribution is 2.33. The standard InChI is InChI=1S/C12H13Cl2NO2/c1-2-7-15(8-6-11(16)17)12-9(13)4-3-5-10(12)14/h2-5H,1,6-8H2,(H,16,17). The molecule has 0 aliphatic carbocycles. The SMILES string of the molecule is C=CCN(CCC(=O)O)c1c(Cl)cccc1Cl. The molecule has 0 atom stereocenters. The van der Waals surface area contributed by atoms with Gasteiger partial charge in [0.2, 0.25) is 0 Å². The molecule has 1 rings (SSSR count). The van der Waals surface area contributed by atoms with Gasteiger partial charge in [0.15, 0.2) is 0 Å². The summed E-state index contributed by atoms with van der Waals surface area (Å²) in [6.07, 6.45) is 1.71. The van der Waals surface area contributed by atoms with Crippen molar-refractivity contribution >= 4 is 34.9 Å². The van der Waals surface area contributed by atoms with E-state index >= 15 is 0 Å². The number of nitrogens with zero attached hydrogens (tertiary/aromatic N) is 1. The van der Waals surface area contributed by atoms with E-state index in [0.717, 1.165) is 0 Å². The zero-order chi connectivity index (χ0) is 12.8. The van der Waals surface area contributed by atoms with E-state index in [-0.39, 0.29) is 6.42 Å². The highest BCUT2D eigenvalue weighted by Gasteiger charge is 2.14. The highest BCUT2D eigenvalue weighted by atomic mass is 35.5. The molecule has 0 aliphatic heterocycles. The fourth-order valence-electron chi connectivity index (χ4n) is 1.47. The fraction of sp³-hybridized carbons (Fsp3) is 0.250. The van der Waals surface area contributed by atoms with Crippen molar-refractivity contribution in [2.75, 3.05) is 18.0 Å². The Morgan fingerprint density at radius 1 is 1.41 bits per heavy atom. The lowest BCUT2D eigenvalue weighted by molar-refractivity contribution is -0.136. The van der Waals surface area contributed by atoms with Crippen molar-refractivity contribution < 1.29 is 9.90 Å². The van der Waals surface area contributed by atoms with Crippen LogP contribution in [-0.4, -0.2) is 24.2 Å². The summed E-state index contributed by atoms with van der Waals surface area (Å²) >= 11 is 12.1. The predicted octanol–water partition coefficient (Wildman–Crippen LogP) is 3.46. The van der Waals surface area contributed by atoms with Crippen molar-refractivity contribution in [3.63, 3.8) is 0 Å². The minimum Gasteiger partial charge on any atom is -0.481 e. The number of halogens is 2. The number of hydrogen-bond acceptors (Lipinski definition) is 2. The van der Waals surface area contributed by atoms with Gasteiger partial charge < -0.3 is 10.0 Å². The molecular formula is C12H13Cl2NO2. The van der Waals surface area contributed by atoms with E-state index in [1.54, 1.807) is 29.2 Å². The lowest BCUT2D eigenvalue weighted by Crippen LogP contribution is -2.26. The van der Waals surface area contributed by atoms with Gasteiger partial charge in [-0.25, -0.2) is 0 Å². The number of carboxylic acids is 1. The molecule has 0 bridgehead atoms. The monoisotopic (exact) mass is 273 g/mol. The third-order valence-electron chi connectivity index (χ3n) is 2.20. The minimum atomic E-state index is -0.859. The molecule has 0 aliphatic rings. The lowest BCUT2D eigenvalue weighted by atomic mass is 10.2. The summed E-state index contributed by atoms with van der Waals surface area (Å²) in [6.45, 7) is 4.47. The molecule has 5 heteroatoms. The minimum absolute atomic E-state index is 0.0232. The van der Waals surface area contributed by atoms with Gasteiger partial charge in [-0.05, 0) is 12.1 Å². The molecule has 1 N–H and O–H groups in total. The molecule has 0 heterocycles. The van der Waals surface area contributed by atoms with Crippen molar-refractivity contribution in [2.45, 2.75) is 6.42 Å². The maximum atomic E-state index is 10.6. The van der Waals surface area contributed by atoms with E-state index in [1.165, 1.54) is 0 Å². The van der Waals surface area contributed by atoms with Crippen LogP contribution in [0.15, 0.2) is 30.9 Å². The Labute approximate surface area is 110 Å². The summed E-state index contributed by atoms with van der Waals surface area (Å²) in [6, 6.07) is 5.19. The Morgan fingerprint density at radius 3 is 2.47 bits per heavy atom. The molecule has 0 radical (unpaired) electrons. The number of aliphatic carboxylic acids is 1. The summed E-state index contributed by atoms with van der Waals surface area (Å²) in [4.78, 5) is 12.4. The molecular weight excluding hydrogens is 261 g/mol. The normalized spacial score (nSPS) is 10.0. The number of para-hydroxylation sites is 1. The quantitative estimate of drug-likeness (QED) is 0.807. The first-order valence-corrected chi connectivity index (χ1v) is 5.83. The van der Waals surface area contributed by atoms with Crippen LogP contribution in [0, 0.1) is 0 Å². The topological polar surface area (TPSA) is 40.5 Å².